The summed E-state index contributed by atoms with van der Waals surface area (Å²) in [6, 6.07) is 6.24. The number of carbonyl (C=O) groups excluding carboxylic acids is 1. The van der Waals surface area contributed by atoms with Crippen molar-refractivity contribution in [3.05, 3.63) is 29.8 Å². The highest BCUT2D eigenvalue weighted by atomic mass is 32.1. The summed E-state index contributed by atoms with van der Waals surface area (Å²) in [5.41, 5.74) is 0.303. The molecular formula is C11H13F2NO2S. The average Bonchev–Trinajstić information content (AvgIpc) is 2.28. The molecule has 94 valence electrons. The molecule has 1 aromatic rings. The Labute approximate surface area is 103 Å². The van der Waals surface area contributed by atoms with Crippen LogP contribution < -0.4 is 0 Å². The molecule has 0 atom stereocenters. The van der Waals surface area contributed by atoms with E-state index in [1.807, 2.05) is 0 Å². The van der Waals surface area contributed by atoms with Gasteiger partial charge in [-0.15, -0.1) is 12.6 Å². The Morgan fingerprint density at radius 1 is 1.35 bits per heavy atom. The first-order valence-corrected chi connectivity index (χ1v) is 5.46. The second kappa shape index (κ2) is 6.56. The first-order valence-electron chi connectivity index (χ1n) is 5.02. The Balaban J connectivity index is 2.79. The molecule has 0 aliphatic rings. The summed E-state index contributed by atoms with van der Waals surface area (Å²) in [7, 11) is 0. The molecule has 1 aromatic carbocycles. The number of halogens is 2. The monoisotopic (exact) mass is 261 g/mol. The van der Waals surface area contributed by atoms with Gasteiger partial charge in [-0.2, -0.15) is 0 Å². The highest BCUT2D eigenvalue weighted by Gasteiger charge is 2.18. The maximum atomic E-state index is 12.3. The normalized spacial score (nSPS) is 10.6. The molecule has 1 rings (SSSR count). The van der Waals surface area contributed by atoms with Crippen LogP contribution in [0.15, 0.2) is 29.2 Å². The SMILES string of the molecule is O=C(c1ccc(S)cc1)N(CCO)CC(F)F. The van der Waals surface area contributed by atoms with Gasteiger partial charge in [-0.25, -0.2) is 8.78 Å². The van der Waals surface area contributed by atoms with Gasteiger partial charge in [0.25, 0.3) is 12.3 Å². The number of nitrogens with zero attached hydrogens (tertiary/aromatic N) is 1. The minimum atomic E-state index is -2.62. The van der Waals surface area contributed by atoms with Crippen LogP contribution in [0.1, 0.15) is 10.4 Å². The molecule has 3 nitrogen and oxygen atoms in total. The maximum Gasteiger partial charge on any atom is 0.255 e. The minimum absolute atomic E-state index is 0.105. The van der Waals surface area contributed by atoms with Gasteiger partial charge in [-0.05, 0) is 24.3 Å². The molecule has 0 saturated heterocycles. The molecule has 0 unspecified atom stereocenters. The first kappa shape index (κ1) is 13.9. The Kier molecular flexibility index (Phi) is 5.37. The zero-order chi connectivity index (χ0) is 12.8. The van der Waals surface area contributed by atoms with E-state index >= 15 is 0 Å². The third kappa shape index (κ3) is 4.32. The van der Waals surface area contributed by atoms with Gasteiger partial charge in [0.2, 0.25) is 0 Å². The molecule has 17 heavy (non-hydrogen) atoms. The van der Waals surface area contributed by atoms with Crippen LogP contribution in [0.3, 0.4) is 0 Å². The number of carbonyl (C=O) groups is 1. The topological polar surface area (TPSA) is 40.5 Å². The van der Waals surface area contributed by atoms with Crippen molar-refractivity contribution in [2.45, 2.75) is 11.3 Å². The van der Waals surface area contributed by atoms with Gasteiger partial charge in [0.1, 0.15) is 0 Å². The molecule has 1 N–H and O–H groups in total. The van der Waals surface area contributed by atoms with Crippen molar-refractivity contribution in [1.29, 1.82) is 0 Å². The third-order valence-electron chi connectivity index (χ3n) is 2.13. The molecule has 1 amide bonds. The van der Waals surface area contributed by atoms with Crippen molar-refractivity contribution in [3.8, 4) is 0 Å². The van der Waals surface area contributed by atoms with Crippen LogP contribution in [0.25, 0.3) is 0 Å². The molecule has 0 bridgehead atoms. The van der Waals surface area contributed by atoms with Gasteiger partial charge in [0.05, 0.1) is 13.2 Å². The number of aliphatic hydroxyl groups excluding tert-OH is 1. The van der Waals surface area contributed by atoms with E-state index < -0.39 is 18.9 Å². The summed E-state index contributed by atoms with van der Waals surface area (Å²) in [6.45, 7) is -1.13. The lowest BCUT2D eigenvalue weighted by molar-refractivity contribution is 0.0509. The summed E-state index contributed by atoms with van der Waals surface area (Å²) < 4.78 is 24.5. The van der Waals surface area contributed by atoms with Crippen molar-refractivity contribution < 1.29 is 18.7 Å². The Morgan fingerprint density at radius 3 is 2.41 bits per heavy atom. The molecule has 0 aromatic heterocycles. The maximum absolute atomic E-state index is 12.3. The number of hydrogen-bond donors (Lipinski definition) is 2. The zero-order valence-electron chi connectivity index (χ0n) is 9.01. The molecule has 0 radical (unpaired) electrons. The molecule has 0 saturated carbocycles. The third-order valence-corrected chi connectivity index (χ3v) is 2.43. The van der Waals surface area contributed by atoms with Crippen molar-refractivity contribution in [2.75, 3.05) is 19.7 Å². The molecule has 0 aliphatic carbocycles. The van der Waals surface area contributed by atoms with E-state index in [2.05, 4.69) is 12.6 Å². The fourth-order valence-electron chi connectivity index (χ4n) is 1.35. The van der Waals surface area contributed by atoms with Gasteiger partial charge in [-0.3, -0.25) is 4.79 Å². The van der Waals surface area contributed by atoms with Crippen molar-refractivity contribution >= 4 is 18.5 Å². The second-order valence-corrected chi connectivity index (χ2v) is 3.93. The van der Waals surface area contributed by atoms with Gasteiger partial charge >= 0.3 is 0 Å². The van der Waals surface area contributed by atoms with E-state index in [9.17, 15) is 13.6 Å². The summed E-state index contributed by atoms with van der Waals surface area (Å²) in [5, 5.41) is 8.74. The number of thiol groups is 1. The molecular weight excluding hydrogens is 248 g/mol. The summed E-state index contributed by atoms with van der Waals surface area (Å²) >= 11 is 4.06. The standard InChI is InChI=1S/C11H13F2NO2S/c12-10(13)7-14(5-6-15)11(16)8-1-3-9(17)4-2-8/h1-4,10,15,17H,5-7H2. The lowest BCUT2D eigenvalue weighted by Crippen LogP contribution is -2.37. The number of rotatable bonds is 5. The van der Waals surface area contributed by atoms with Crippen LogP contribution in [-0.2, 0) is 0 Å². The lowest BCUT2D eigenvalue weighted by atomic mass is 10.2. The van der Waals surface area contributed by atoms with Gasteiger partial charge < -0.3 is 10.0 Å². The van der Waals surface area contributed by atoms with Crippen LogP contribution in [-0.4, -0.2) is 42.0 Å². The second-order valence-electron chi connectivity index (χ2n) is 3.41. The number of alkyl halides is 2. The molecule has 6 heteroatoms. The Hall–Kier alpha value is -1.14. The first-order chi connectivity index (χ1) is 8.04. The van der Waals surface area contributed by atoms with Crippen LogP contribution in [0.5, 0.6) is 0 Å². The van der Waals surface area contributed by atoms with Gasteiger partial charge in [0, 0.05) is 17.0 Å². The van der Waals surface area contributed by atoms with Gasteiger partial charge in [-0.1, -0.05) is 0 Å². The van der Waals surface area contributed by atoms with Crippen molar-refractivity contribution in [3.63, 3.8) is 0 Å². The van der Waals surface area contributed by atoms with Crippen LogP contribution in [0.4, 0.5) is 8.78 Å². The highest BCUT2D eigenvalue weighted by molar-refractivity contribution is 7.80. The molecule has 0 heterocycles. The van der Waals surface area contributed by atoms with Crippen molar-refractivity contribution in [1.82, 2.24) is 4.90 Å². The summed E-state index contributed by atoms with van der Waals surface area (Å²) in [4.78, 5) is 13.5. The average molecular weight is 261 g/mol. The largest absolute Gasteiger partial charge is 0.395 e. The van der Waals surface area contributed by atoms with E-state index in [4.69, 9.17) is 5.11 Å². The predicted octanol–water partition coefficient (Wildman–Crippen LogP) is 1.67. The van der Waals surface area contributed by atoms with E-state index in [1.54, 1.807) is 12.1 Å². The summed E-state index contributed by atoms with van der Waals surface area (Å²) in [5.74, 6) is -0.521. The smallest absolute Gasteiger partial charge is 0.255 e. The number of aliphatic hydroxyl groups is 1. The molecule has 0 aliphatic heterocycles. The fraction of sp³-hybridized carbons (Fsp3) is 0.364. The lowest BCUT2D eigenvalue weighted by Gasteiger charge is -2.21. The molecule has 0 fully saturated rings. The van der Waals surface area contributed by atoms with E-state index in [1.165, 1.54) is 12.1 Å². The summed E-state index contributed by atoms with van der Waals surface area (Å²) in [6.07, 6.45) is -2.62. The van der Waals surface area contributed by atoms with Crippen LogP contribution in [0.2, 0.25) is 0 Å². The van der Waals surface area contributed by atoms with Gasteiger partial charge in [0.15, 0.2) is 0 Å². The predicted molar refractivity (Wildman–Crippen MR) is 62.7 cm³/mol. The van der Waals surface area contributed by atoms with Crippen LogP contribution >= 0.6 is 12.6 Å². The Morgan fingerprint density at radius 2 is 1.94 bits per heavy atom. The van der Waals surface area contributed by atoms with E-state index in [0.29, 0.717) is 10.5 Å². The zero-order valence-corrected chi connectivity index (χ0v) is 9.91. The quantitative estimate of drug-likeness (QED) is 0.792. The van der Waals surface area contributed by atoms with E-state index in [-0.39, 0.29) is 13.2 Å². The van der Waals surface area contributed by atoms with E-state index in [0.717, 1.165) is 4.90 Å². The number of amides is 1. The van der Waals surface area contributed by atoms with Crippen molar-refractivity contribution in [2.24, 2.45) is 0 Å². The highest BCUT2D eigenvalue weighted by Crippen LogP contribution is 2.11. The van der Waals surface area contributed by atoms with Crippen LogP contribution in [0, 0.1) is 0 Å². The number of benzene rings is 1. The number of hydrogen-bond acceptors (Lipinski definition) is 3. The molecule has 0 spiro atoms. The minimum Gasteiger partial charge on any atom is -0.395 e. The Bertz CT molecular complexity index is 370. The fourth-order valence-corrected chi connectivity index (χ4v) is 1.50.